The molecule has 0 unspecified atom stereocenters. The van der Waals surface area contributed by atoms with Crippen molar-refractivity contribution >= 4 is 33.3 Å². The first-order chi connectivity index (χ1) is 13.3. The zero-order chi connectivity index (χ0) is 20.3. The van der Waals surface area contributed by atoms with Crippen LogP contribution in [0.15, 0.2) is 36.0 Å². The molecule has 2 aromatic heterocycles. The fourth-order valence-electron chi connectivity index (χ4n) is 2.97. The van der Waals surface area contributed by atoms with Crippen LogP contribution in [0.5, 0.6) is 0 Å². The van der Waals surface area contributed by atoms with Crippen molar-refractivity contribution in [3.63, 3.8) is 0 Å². The van der Waals surface area contributed by atoms with Crippen LogP contribution in [0, 0.1) is 6.92 Å². The average molecular weight is 409 g/mol. The minimum absolute atomic E-state index is 1.09. The maximum absolute atomic E-state index is 10.6. The summed E-state index contributed by atoms with van der Waals surface area (Å²) < 4.78 is 31.7. The predicted molar refractivity (Wildman–Crippen MR) is 103 cm³/mol. The smallest absolute Gasteiger partial charge is 0.475 e. The number of benzene rings is 1. The number of thiophene rings is 1. The van der Waals surface area contributed by atoms with Crippen LogP contribution in [0.4, 0.5) is 19.0 Å². The Morgan fingerprint density at radius 1 is 1.14 bits per heavy atom. The number of fused-ring (bicyclic) bond motifs is 1. The van der Waals surface area contributed by atoms with Crippen LogP contribution in [-0.2, 0) is 4.79 Å². The van der Waals surface area contributed by atoms with Gasteiger partial charge in [0.1, 0.15) is 17.0 Å². The number of aryl methyl sites for hydroxylation is 1. The standard InChI is InChI=1S/C17H17N3S.C2HF3O2/c1-12-4-6-13(7-5-12)14-10-21-17-15(14)16(18-11-19-17)20-8-2-3-9-20;3-2(4,5)1(6)7/h4-7,10-11H,2-3,8-9H2,1H3;(H,6,7). The van der Waals surface area contributed by atoms with Gasteiger partial charge in [0.15, 0.2) is 0 Å². The SMILES string of the molecule is Cc1ccc(-c2csc3ncnc(N4CCCC4)c23)cc1.O=C(O)C(F)(F)F. The maximum Gasteiger partial charge on any atom is 0.490 e. The third-order valence-corrected chi connectivity index (χ3v) is 5.25. The molecule has 4 rings (SSSR count). The zero-order valence-electron chi connectivity index (χ0n) is 15.0. The average Bonchev–Trinajstić information content (AvgIpc) is 3.32. The Morgan fingerprint density at radius 2 is 1.75 bits per heavy atom. The normalized spacial score (nSPS) is 14.1. The lowest BCUT2D eigenvalue weighted by molar-refractivity contribution is -0.192. The van der Waals surface area contributed by atoms with Crippen molar-refractivity contribution in [2.75, 3.05) is 18.0 Å². The molecule has 0 atom stereocenters. The Bertz CT molecular complexity index is 965. The van der Waals surface area contributed by atoms with Crippen molar-refractivity contribution in [3.8, 4) is 11.1 Å². The topological polar surface area (TPSA) is 66.3 Å². The minimum Gasteiger partial charge on any atom is -0.475 e. The lowest BCUT2D eigenvalue weighted by Crippen LogP contribution is -2.21. The number of carboxylic acids is 1. The minimum atomic E-state index is -5.08. The van der Waals surface area contributed by atoms with Crippen molar-refractivity contribution in [1.29, 1.82) is 0 Å². The summed E-state index contributed by atoms with van der Waals surface area (Å²) in [6, 6.07) is 8.71. The molecular weight excluding hydrogens is 391 g/mol. The van der Waals surface area contributed by atoms with Crippen LogP contribution in [0.1, 0.15) is 18.4 Å². The van der Waals surface area contributed by atoms with Gasteiger partial charge in [0.25, 0.3) is 0 Å². The van der Waals surface area contributed by atoms with Crippen LogP contribution in [-0.4, -0.2) is 40.3 Å². The molecule has 1 fully saturated rings. The van der Waals surface area contributed by atoms with E-state index in [1.807, 2.05) is 0 Å². The molecule has 0 saturated carbocycles. The Labute approximate surface area is 163 Å². The van der Waals surface area contributed by atoms with E-state index in [1.165, 1.54) is 34.9 Å². The first kappa shape index (κ1) is 20.1. The monoisotopic (exact) mass is 409 g/mol. The van der Waals surface area contributed by atoms with E-state index in [0.717, 1.165) is 23.7 Å². The Hall–Kier alpha value is -2.68. The van der Waals surface area contributed by atoms with Gasteiger partial charge in [-0.2, -0.15) is 13.2 Å². The van der Waals surface area contributed by atoms with E-state index in [2.05, 4.69) is 51.4 Å². The quantitative estimate of drug-likeness (QED) is 0.652. The largest absolute Gasteiger partial charge is 0.490 e. The van der Waals surface area contributed by atoms with Gasteiger partial charge in [0.2, 0.25) is 0 Å². The van der Waals surface area contributed by atoms with Gasteiger partial charge in [-0.05, 0) is 25.3 Å². The molecule has 3 heterocycles. The number of carbonyl (C=O) groups is 1. The highest BCUT2D eigenvalue weighted by Gasteiger charge is 2.38. The molecule has 0 spiro atoms. The first-order valence-electron chi connectivity index (χ1n) is 8.61. The second-order valence-corrected chi connectivity index (χ2v) is 7.25. The molecule has 5 nitrogen and oxygen atoms in total. The van der Waals surface area contributed by atoms with E-state index < -0.39 is 12.1 Å². The molecule has 1 N–H and O–H groups in total. The lowest BCUT2D eigenvalue weighted by atomic mass is 10.0. The summed E-state index contributed by atoms with van der Waals surface area (Å²) in [4.78, 5) is 21.4. The van der Waals surface area contributed by atoms with Crippen LogP contribution < -0.4 is 4.90 Å². The number of aromatic nitrogens is 2. The molecule has 28 heavy (non-hydrogen) atoms. The molecule has 1 saturated heterocycles. The van der Waals surface area contributed by atoms with Crippen molar-refractivity contribution in [2.45, 2.75) is 25.9 Å². The summed E-state index contributed by atoms with van der Waals surface area (Å²) in [7, 11) is 0. The molecule has 9 heteroatoms. The molecule has 148 valence electrons. The third-order valence-electron chi connectivity index (χ3n) is 4.36. The number of rotatable bonds is 2. The van der Waals surface area contributed by atoms with Gasteiger partial charge in [-0.15, -0.1) is 11.3 Å². The Balaban J connectivity index is 0.000000279. The fraction of sp³-hybridized carbons (Fsp3) is 0.316. The van der Waals surface area contributed by atoms with E-state index in [4.69, 9.17) is 9.90 Å². The second kappa shape index (κ2) is 8.14. The number of aliphatic carboxylic acids is 1. The van der Waals surface area contributed by atoms with Crippen molar-refractivity contribution < 1.29 is 23.1 Å². The Morgan fingerprint density at radius 3 is 2.32 bits per heavy atom. The molecule has 0 aliphatic carbocycles. The summed E-state index contributed by atoms with van der Waals surface area (Å²) in [6.07, 6.45) is -0.865. The molecule has 0 radical (unpaired) electrons. The van der Waals surface area contributed by atoms with E-state index in [0.29, 0.717) is 0 Å². The van der Waals surface area contributed by atoms with Gasteiger partial charge >= 0.3 is 12.1 Å². The van der Waals surface area contributed by atoms with Crippen molar-refractivity contribution in [3.05, 3.63) is 41.5 Å². The molecular formula is C19H18F3N3O2S. The van der Waals surface area contributed by atoms with Gasteiger partial charge < -0.3 is 10.0 Å². The highest BCUT2D eigenvalue weighted by atomic mass is 32.1. The number of alkyl halides is 3. The summed E-state index contributed by atoms with van der Waals surface area (Å²) in [5.41, 5.74) is 3.80. The van der Waals surface area contributed by atoms with Crippen molar-refractivity contribution in [1.82, 2.24) is 9.97 Å². The number of halogens is 3. The maximum atomic E-state index is 10.6. The number of anilines is 1. The van der Waals surface area contributed by atoms with E-state index >= 15 is 0 Å². The van der Waals surface area contributed by atoms with Crippen LogP contribution >= 0.6 is 11.3 Å². The van der Waals surface area contributed by atoms with Gasteiger partial charge in [-0.25, -0.2) is 14.8 Å². The van der Waals surface area contributed by atoms with E-state index in [-0.39, 0.29) is 0 Å². The predicted octanol–water partition coefficient (Wildman–Crippen LogP) is 4.90. The van der Waals surface area contributed by atoms with Gasteiger partial charge in [0.05, 0.1) is 5.39 Å². The number of nitrogens with zero attached hydrogens (tertiary/aromatic N) is 3. The van der Waals surface area contributed by atoms with Gasteiger partial charge in [-0.1, -0.05) is 29.8 Å². The number of hydrogen-bond acceptors (Lipinski definition) is 5. The van der Waals surface area contributed by atoms with E-state index in [1.54, 1.807) is 17.7 Å². The molecule has 0 bridgehead atoms. The van der Waals surface area contributed by atoms with E-state index in [9.17, 15) is 13.2 Å². The molecule has 1 aromatic carbocycles. The molecule has 1 aliphatic rings. The summed E-state index contributed by atoms with van der Waals surface area (Å²) in [5.74, 6) is -1.65. The van der Waals surface area contributed by atoms with Crippen molar-refractivity contribution in [2.24, 2.45) is 0 Å². The van der Waals surface area contributed by atoms with Crippen LogP contribution in [0.25, 0.3) is 21.3 Å². The Kier molecular flexibility index (Phi) is 5.83. The summed E-state index contributed by atoms with van der Waals surface area (Å²) >= 11 is 1.71. The third kappa shape index (κ3) is 4.41. The summed E-state index contributed by atoms with van der Waals surface area (Å²) in [6.45, 7) is 4.33. The molecule has 3 aromatic rings. The van der Waals surface area contributed by atoms with Gasteiger partial charge in [0, 0.05) is 24.0 Å². The van der Waals surface area contributed by atoms with Crippen LogP contribution in [0.2, 0.25) is 0 Å². The fourth-order valence-corrected chi connectivity index (χ4v) is 3.88. The number of hydrogen-bond donors (Lipinski definition) is 1. The molecule has 1 aliphatic heterocycles. The van der Waals surface area contributed by atoms with Gasteiger partial charge in [-0.3, -0.25) is 0 Å². The lowest BCUT2D eigenvalue weighted by Gasteiger charge is -2.17. The first-order valence-corrected chi connectivity index (χ1v) is 9.49. The highest BCUT2D eigenvalue weighted by molar-refractivity contribution is 7.17. The highest BCUT2D eigenvalue weighted by Crippen LogP contribution is 2.38. The number of carboxylic acid groups (broad SMARTS) is 1. The summed E-state index contributed by atoms with van der Waals surface area (Å²) in [5, 5.41) is 10.6. The second-order valence-electron chi connectivity index (χ2n) is 6.39. The van der Waals surface area contributed by atoms with Crippen LogP contribution in [0.3, 0.4) is 0 Å². The molecule has 0 amide bonds. The zero-order valence-corrected chi connectivity index (χ0v) is 15.8.